The Bertz CT molecular complexity index is 3820. The minimum atomic E-state index is -5.05. The van der Waals surface area contributed by atoms with Gasteiger partial charge in [0.2, 0.25) is 0 Å². The molecule has 1 aromatic heterocycles. The summed E-state index contributed by atoms with van der Waals surface area (Å²) >= 11 is 0. The molecule has 3 heterocycles. The zero-order valence-electron chi connectivity index (χ0n) is 53.6. The Balaban J connectivity index is 0.000000252. The Morgan fingerprint density at radius 3 is 1.35 bits per heavy atom. The van der Waals surface area contributed by atoms with Gasteiger partial charge in [-0.1, -0.05) is 121 Å². The van der Waals surface area contributed by atoms with Crippen LogP contribution < -0.4 is 21.9 Å². The van der Waals surface area contributed by atoms with E-state index in [2.05, 4.69) is 26.4 Å². The maximum Gasteiger partial charge on any atom is 0.416 e. The average molecular weight is 1400 g/mol. The number of H-pyrrole nitrogens is 1. The molecular weight excluding hydrogens is 1330 g/mol. The highest BCUT2D eigenvalue weighted by Crippen LogP contribution is 2.46. The molecule has 0 bridgehead atoms. The predicted molar refractivity (Wildman–Crippen MR) is 331 cm³/mol. The van der Waals surface area contributed by atoms with Gasteiger partial charge in [-0.05, 0) is 109 Å². The molecule has 0 aliphatic carbocycles. The number of alkyl halides is 12. The topological polar surface area (TPSA) is 217 Å². The molecule has 6 aromatic carbocycles. The summed E-state index contributed by atoms with van der Waals surface area (Å²) in [5, 5.41) is 9.14. The fraction of sp³-hybridized carbons (Fsp3) is 0.382. The molecule has 2 saturated heterocycles. The van der Waals surface area contributed by atoms with Crippen molar-refractivity contribution in [2.24, 2.45) is 0 Å². The number of urea groups is 1. The third-order valence-corrected chi connectivity index (χ3v) is 16.7. The first-order valence-electron chi connectivity index (χ1n) is 30.7. The SMILES string of the molecule is COCC(=O)NNC(=O)NC1CC[C@@](CO[C@H](C)c2cc(C(F)(F)F)cc(C(F)(F)F)c2)(c2ccccc2)N(C(=O)OCc2ccccc2)C1.COCc1n[nH]c(=O)n1C1CC[C@@](CO[C@H](C)c2cc(C(F)(F)F)cc(C(F)(F)F)c2)(c2ccccc2)N(C(=O)OCc2ccccc2)C1. The molecule has 0 spiro atoms. The van der Waals surface area contributed by atoms with Gasteiger partial charge in [0, 0.05) is 33.4 Å². The summed E-state index contributed by atoms with van der Waals surface area (Å²) in [6, 6.07) is 35.5. The fourth-order valence-electron chi connectivity index (χ4n) is 11.6. The number of carbonyl (C=O) groups is 4. The van der Waals surface area contributed by atoms with Crippen LogP contribution in [0.3, 0.4) is 0 Å². The number of nitrogens with one attached hydrogen (secondary N) is 4. The maximum absolute atomic E-state index is 14.1. The number of piperidine rings is 2. The number of hydrazine groups is 1. The van der Waals surface area contributed by atoms with E-state index in [1.54, 1.807) is 115 Å². The van der Waals surface area contributed by atoms with Gasteiger partial charge < -0.3 is 33.7 Å². The van der Waals surface area contributed by atoms with Crippen molar-refractivity contribution in [2.45, 2.75) is 119 Å². The fourth-order valence-corrected chi connectivity index (χ4v) is 11.6. The predicted octanol–water partition coefficient (Wildman–Crippen LogP) is 13.9. The van der Waals surface area contributed by atoms with Crippen molar-refractivity contribution in [3.05, 3.63) is 230 Å². The molecule has 5 amide bonds. The zero-order valence-corrected chi connectivity index (χ0v) is 53.6. The van der Waals surface area contributed by atoms with E-state index in [4.69, 9.17) is 28.4 Å². The molecule has 0 saturated carbocycles. The number of aromatic nitrogens is 3. The van der Waals surface area contributed by atoms with E-state index in [0.717, 1.165) is 0 Å². The Morgan fingerprint density at radius 2 is 0.949 bits per heavy atom. The van der Waals surface area contributed by atoms with E-state index in [9.17, 15) is 76.7 Å². The molecule has 2 fully saturated rings. The van der Waals surface area contributed by atoms with Crippen LogP contribution >= 0.6 is 0 Å². The number of likely N-dealkylation sites (tertiary alicyclic amines) is 2. The lowest BCUT2D eigenvalue weighted by Crippen LogP contribution is -2.62. The van der Waals surface area contributed by atoms with Gasteiger partial charge in [-0.3, -0.25) is 24.6 Å². The number of ether oxygens (including phenoxy) is 6. The van der Waals surface area contributed by atoms with E-state index >= 15 is 0 Å². The van der Waals surface area contributed by atoms with Crippen LogP contribution in [0.5, 0.6) is 0 Å². The van der Waals surface area contributed by atoms with Crippen molar-refractivity contribution in [2.75, 3.05) is 47.1 Å². The molecule has 9 rings (SSSR count). The summed E-state index contributed by atoms with van der Waals surface area (Å²) in [4.78, 5) is 67.9. The van der Waals surface area contributed by atoms with Gasteiger partial charge in [0.05, 0.1) is 64.8 Å². The number of amides is 5. The van der Waals surface area contributed by atoms with E-state index in [0.29, 0.717) is 58.8 Å². The summed E-state index contributed by atoms with van der Waals surface area (Å²) in [6.45, 7) is 1.27. The monoisotopic (exact) mass is 1400 g/mol. The molecule has 0 radical (unpaired) electrons. The van der Waals surface area contributed by atoms with Crippen LogP contribution in [0.25, 0.3) is 0 Å². The van der Waals surface area contributed by atoms with Gasteiger partial charge in [0.1, 0.15) is 26.4 Å². The van der Waals surface area contributed by atoms with E-state index in [-0.39, 0.29) is 95.3 Å². The maximum atomic E-state index is 14.1. The van der Waals surface area contributed by atoms with Crippen molar-refractivity contribution in [1.82, 2.24) is 40.7 Å². The molecule has 2 aliphatic rings. The number of hydrogen-bond donors (Lipinski definition) is 4. The van der Waals surface area contributed by atoms with Crippen LogP contribution in [0.2, 0.25) is 0 Å². The van der Waals surface area contributed by atoms with Crippen molar-refractivity contribution in [3.63, 3.8) is 0 Å². The molecular formula is C68H70F12N8O11. The van der Waals surface area contributed by atoms with Crippen LogP contribution in [0, 0.1) is 0 Å². The van der Waals surface area contributed by atoms with E-state index < -0.39 is 112 Å². The van der Waals surface area contributed by atoms with Crippen molar-refractivity contribution in [3.8, 4) is 0 Å². The highest BCUT2D eigenvalue weighted by Gasteiger charge is 2.50. The second-order valence-corrected chi connectivity index (χ2v) is 23.4. The molecule has 2 aliphatic heterocycles. The molecule has 4 N–H and O–H groups in total. The van der Waals surface area contributed by atoms with Gasteiger partial charge in [-0.25, -0.2) is 29.7 Å². The Morgan fingerprint density at radius 1 is 0.545 bits per heavy atom. The number of methoxy groups -OCH3 is 2. The van der Waals surface area contributed by atoms with E-state index in [1.807, 2.05) is 6.07 Å². The smallest absolute Gasteiger partial charge is 0.416 e. The highest BCUT2D eigenvalue weighted by molar-refractivity contribution is 5.82. The van der Waals surface area contributed by atoms with Gasteiger partial charge in [0.25, 0.3) is 5.91 Å². The van der Waals surface area contributed by atoms with Gasteiger partial charge in [0.15, 0.2) is 5.82 Å². The number of carbonyl (C=O) groups excluding carboxylic acids is 4. The lowest BCUT2D eigenvalue weighted by Gasteiger charge is -2.49. The highest BCUT2D eigenvalue weighted by atomic mass is 19.4. The summed E-state index contributed by atoms with van der Waals surface area (Å²) < 4.78 is 199. The zero-order chi connectivity index (χ0) is 71.9. The third-order valence-electron chi connectivity index (χ3n) is 16.7. The van der Waals surface area contributed by atoms with Crippen molar-refractivity contribution < 1.29 is 100 Å². The van der Waals surface area contributed by atoms with Gasteiger partial charge in [-0.2, -0.15) is 57.8 Å². The Hall–Kier alpha value is -9.46. The van der Waals surface area contributed by atoms with Crippen LogP contribution in [-0.2, 0) is 88.8 Å². The summed E-state index contributed by atoms with van der Waals surface area (Å²) in [7, 11) is 2.74. The Labute approximate surface area is 559 Å². The largest absolute Gasteiger partial charge is 0.445 e. The molecule has 2 unspecified atom stereocenters. The second-order valence-electron chi connectivity index (χ2n) is 23.4. The van der Waals surface area contributed by atoms with Crippen molar-refractivity contribution >= 4 is 24.1 Å². The first kappa shape index (κ1) is 75.3. The van der Waals surface area contributed by atoms with Crippen LogP contribution in [0.1, 0.15) is 119 Å². The minimum Gasteiger partial charge on any atom is -0.445 e. The standard InChI is InChI=1S/C34H36F6N4O6.C34H34F6N4O5/c1-22(24-15-26(33(35,36)37)17-27(16-24)34(38,39)40)50-21-32(25-11-7-4-8-12-25)14-13-28(41-30(46)43-42-29(45)20-48-2)18-44(32)31(47)49-19-23-9-5-3-6-10-23;1-22(24-15-26(33(35,36)37)17-27(16-24)34(38,39)40)49-21-32(25-11-7-4-8-12-25)14-13-28(44-29(20-47-2)41-42-30(44)45)18-43(32)31(46)48-19-23-9-5-3-6-10-23/h3-12,15-17,22,28H,13-14,18-21H2,1-2H3,(H,42,45)(H2,41,43,46);3-12,15-17,22,28H,13-14,18-21H2,1-2H3,(H,42,45)/t2*22-,28?,32-/m11/s1. The van der Waals surface area contributed by atoms with Crippen LogP contribution in [-0.4, -0.2) is 102 Å². The number of nitrogens with zero attached hydrogens (tertiary/aromatic N) is 4. The number of halogens is 12. The van der Waals surface area contributed by atoms with E-state index in [1.165, 1.54) is 42.4 Å². The first-order valence-corrected chi connectivity index (χ1v) is 30.7. The number of rotatable bonds is 20. The number of aromatic amines is 1. The quantitative estimate of drug-likeness (QED) is 0.0414. The van der Waals surface area contributed by atoms with Gasteiger partial charge >= 0.3 is 48.6 Å². The molecule has 7 aromatic rings. The molecule has 31 heteroatoms. The Kier molecular flexibility index (Phi) is 24.7. The summed E-state index contributed by atoms with van der Waals surface area (Å²) in [6.07, 6.45) is -23.4. The number of hydrogen-bond acceptors (Lipinski definition) is 12. The molecule has 19 nitrogen and oxygen atoms in total. The molecule has 6 atom stereocenters. The summed E-state index contributed by atoms with van der Waals surface area (Å²) in [5.41, 5.74) is -2.85. The first-order chi connectivity index (χ1) is 46.8. The van der Waals surface area contributed by atoms with Crippen LogP contribution in [0.4, 0.5) is 67.1 Å². The average Bonchev–Trinajstić information content (AvgIpc) is 1.49. The molecule has 532 valence electrons. The second kappa shape index (κ2) is 32.5. The third kappa shape index (κ3) is 19.5. The minimum absolute atomic E-state index is 0.00898. The summed E-state index contributed by atoms with van der Waals surface area (Å²) in [5.74, 6) is -0.313. The van der Waals surface area contributed by atoms with Crippen LogP contribution in [0.15, 0.2) is 163 Å². The number of benzene rings is 6. The normalized spacial score (nSPS) is 18.8. The molecule has 99 heavy (non-hydrogen) atoms. The van der Waals surface area contributed by atoms with Gasteiger partial charge in [-0.15, -0.1) is 0 Å². The van der Waals surface area contributed by atoms with Crippen molar-refractivity contribution in [1.29, 1.82) is 0 Å². The lowest BCUT2D eigenvalue weighted by molar-refractivity contribution is -0.145. The lowest BCUT2D eigenvalue weighted by atomic mass is 9.79.